The van der Waals surface area contributed by atoms with Crippen molar-refractivity contribution in [2.24, 2.45) is 0 Å². The fraction of sp³-hybridized carbons (Fsp3) is 0.875. The topological polar surface area (TPSA) is 60.2 Å². The lowest BCUT2D eigenvalue weighted by atomic mass is 9.92. The molecule has 0 amide bonds. The maximum Gasteiger partial charge on any atom is 0.229 e. The minimum atomic E-state index is -0.323. The van der Waals surface area contributed by atoms with Crippen LogP contribution in [0.2, 0.25) is 0 Å². The molecule has 2 fully saturated rings. The highest BCUT2D eigenvalue weighted by Gasteiger charge is 2.38. The monoisotopic (exact) mass is 293 g/mol. The van der Waals surface area contributed by atoms with E-state index in [1.54, 1.807) is 7.11 Å². The van der Waals surface area contributed by atoms with Crippen molar-refractivity contribution in [2.75, 3.05) is 13.7 Å². The third-order valence-corrected chi connectivity index (χ3v) is 5.12. The van der Waals surface area contributed by atoms with Crippen molar-refractivity contribution in [3.8, 4) is 0 Å². The van der Waals surface area contributed by atoms with Gasteiger partial charge in [0.25, 0.3) is 0 Å². The molecule has 1 saturated heterocycles. The fourth-order valence-corrected chi connectivity index (χ4v) is 3.76. The van der Waals surface area contributed by atoms with Crippen LogP contribution in [0.5, 0.6) is 0 Å². The summed E-state index contributed by atoms with van der Waals surface area (Å²) in [6.45, 7) is 3.24. The molecule has 1 aliphatic carbocycles. The third-order valence-electron chi connectivity index (χ3n) is 5.12. The van der Waals surface area contributed by atoms with Crippen molar-refractivity contribution >= 4 is 0 Å². The maximum atomic E-state index is 5.87. The molecule has 1 aromatic heterocycles. The van der Waals surface area contributed by atoms with E-state index in [-0.39, 0.29) is 5.60 Å². The van der Waals surface area contributed by atoms with Crippen LogP contribution >= 0.6 is 0 Å². The Balaban J connectivity index is 1.79. The van der Waals surface area contributed by atoms with Gasteiger partial charge in [-0.2, -0.15) is 4.98 Å². The molecule has 1 aliphatic heterocycles. The molecule has 1 N–H and O–H groups in total. The SMILES string of the molecule is COC1(c2noc(C3CCNC(C)C3)n2)CCCCCC1. The molecule has 21 heavy (non-hydrogen) atoms. The van der Waals surface area contributed by atoms with E-state index >= 15 is 0 Å². The summed E-state index contributed by atoms with van der Waals surface area (Å²) < 4.78 is 11.5. The highest BCUT2D eigenvalue weighted by molar-refractivity contribution is 5.05. The van der Waals surface area contributed by atoms with Gasteiger partial charge in [-0.3, -0.25) is 0 Å². The molecule has 0 radical (unpaired) electrons. The van der Waals surface area contributed by atoms with E-state index in [1.807, 2.05) is 0 Å². The van der Waals surface area contributed by atoms with Crippen molar-refractivity contribution in [3.63, 3.8) is 0 Å². The van der Waals surface area contributed by atoms with E-state index in [2.05, 4.69) is 17.4 Å². The van der Waals surface area contributed by atoms with E-state index in [9.17, 15) is 0 Å². The summed E-state index contributed by atoms with van der Waals surface area (Å²) in [6.07, 6.45) is 9.08. The summed E-state index contributed by atoms with van der Waals surface area (Å²) >= 11 is 0. The molecule has 1 saturated carbocycles. The molecule has 0 aromatic carbocycles. The Kier molecular flexibility index (Phi) is 4.60. The van der Waals surface area contributed by atoms with Gasteiger partial charge in [-0.1, -0.05) is 30.8 Å². The Morgan fingerprint density at radius 2 is 2.00 bits per heavy atom. The summed E-state index contributed by atoms with van der Waals surface area (Å²) in [6, 6.07) is 0.522. The predicted octanol–water partition coefficient (Wildman–Crippen LogP) is 3.12. The second-order valence-electron chi connectivity index (χ2n) is 6.65. The number of piperidine rings is 1. The molecule has 5 nitrogen and oxygen atoms in total. The molecule has 0 spiro atoms. The average molecular weight is 293 g/mol. The predicted molar refractivity (Wildman–Crippen MR) is 80.1 cm³/mol. The number of hydrogen-bond donors (Lipinski definition) is 1. The van der Waals surface area contributed by atoms with Crippen LogP contribution in [0.3, 0.4) is 0 Å². The van der Waals surface area contributed by atoms with E-state index in [4.69, 9.17) is 14.2 Å². The Hall–Kier alpha value is -0.940. The molecule has 1 aromatic rings. The Labute approximate surface area is 126 Å². The quantitative estimate of drug-likeness (QED) is 0.868. The second kappa shape index (κ2) is 6.44. The molecular weight excluding hydrogens is 266 g/mol. The first-order chi connectivity index (χ1) is 10.2. The molecule has 2 aliphatic rings. The molecule has 0 bridgehead atoms. The number of rotatable bonds is 3. The normalized spacial score (nSPS) is 30.0. The molecule has 2 heterocycles. The number of ether oxygens (including phenoxy) is 1. The Morgan fingerprint density at radius 1 is 1.24 bits per heavy atom. The smallest absolute Gasteiger partial charge is 0.229 e. The summed E-state index contributed by atoms with van der Waals surface area (Å²) in [5, 5.41) is 7.76. The second-order valence-corrected chi connectivity index (χ2v) is 6.65. The van der Waals surface area contributed by atoms with Crippen molar-refractivity contribution in [3.05, 3.63) is 11.7 Å². The first-order valence-electron chi connectivity index (χ1n) is 8.36. The van der Waals surface area contributed by atoms with Gasteiger partial charge in [0, 0.05) is 19.1 Å². The van der Waals surface area contributed by atoms with Gasteiger partial charge in [-0.05, 0) is 39.2 Å². The summed E-state index contributed by atoms with van der Waals surface area (Å²) in [5.74, 6) is 1.97. The number of nitrogens with zero attached hydrogens (tertiary/aromatic N) is 2. The number of nitrogens with one attached hydrogen (secondary N) is 1. The van der Waals surface area contributed by atoms with Gasteiger partial charge in [0.15, 0.2) is 0 Å². The highest BCUT2D eigenvalue weighted by atomic mass is 16.5. The van der Waals surface area contributed by atoms with Gasteiger partial charge >= 0.3 is 0 Å². The minimum absolute atomic E-state index is 0.323. The zero-order valence-corrected chi connectivity index (χ0v) is 13.2. The lowest BCUT2D eigenvalue weighted by Gasteiger charge is -2.28. The van der Waals surface area contributed by atoms with E-state index in [0.29, 0.717) is 12.0 Å². The summed E-state index contributed by atoms with van der Waals surface area (Å²) in [5.41, 5.74) is -0.323. The van der Waals surface area contributed by atoms with Crippen LogP contribution in [0, 0.1) is 0 Å². The van der Waals surface area contributed by atoms with Gasteiger partial charge in [-0.15, -0.1) is 0 Å². The molecule has 118 valence electrons. The largest absolute Gasteiger partial charge is 0.370 e. The van der Waals surface area contributed by atoms with Crippen LogP contribution in [0.4, 0.5) is 0 Å². The molecule has 2 unspecified atom stereocenters. The van der Waals surface area contributed by atoms with Crippen molar-refractivity contribution in [2.45, 2.75) is 75.9 Å². The van der Waals surface area contributed by atoms with Gasteiger partial charge in [0.2, 0.25) is 11.7 Å². The zero-order chi connectivity index (χ0) is 14.7. The first-order valence-corrected chi connectivity index (χ1v) is 8.36. The number of aromatic nitrogens is 2. The Morgan fingerprint density at radius 3 is 2.67 bits per heavy atom. The van der Waals surface area contributed by atoms with Gasteiger partial charge in [0.05, 0.1) is 0 Å². The van der Waals surface area contributed by atoms with Crippen LogP contribution in [-0.4, -0.2) is 29.8 Å². The maximum absolute atomic E-state index is 5.87. The van der Waals surface area contributed by atoms with Crippen LogP contribution in [-0.2, 0) is 10.3 Å². The number of methoxy groups -OCH3 is 1. The van der Waals surface area contributed by atoms with E-state index in [1.165, 1.54) is 25.7 Å². The highest BCUT2D eigenvalue weighted by Crippen LogP contribution is 2.38. The van der Waals surface area contributed by atoms with E-state index in [0.717, 1.165) is 43.9 Å². The van der Waals surface area contributed by atoms with Crippen LogP contribution in [0.25, 0.3) is 0 Å². The van der Waals surface area contributed by atoms with Crippen LogP contribution < -0.4 is 5.32 Å². The van der Waals surface area contributed by atoms with Gasteiger partial charge in [-0.25, -0.2) is 0 Å². The lowest BCUT2D eigenvalue weighted by molar-refractivity contribution is -0.0365. The fourth-order valence-electron chi connectivity index (χ4n) is 3.76. The van der Waals surface area contributed by atoms with Crippen molar-refractivity contribution in [1.29, 1.82) is 0 Å². The average Bonchev–Trinajstić information content (AvgIpc) is 2.87. The zero-order valence-electron chi connectivity index (χ0n) is 13.2. The summed E-state index contributed by atoms with van der Waals surface area (Å²) in [7, 11) is 1.79. The van der Waals surface area contributed by atoms with Crippen molar-refractivity contribution < 1.29 is 9.26 Å². The number of hydrogen-bond acceptors (Lipinski definition) is 5. The lowest BCUT2D eigenvalue weighted by Crippen LogP contribution is -2.35. The third kappa shape index (κ3) is 3.14. The van der Waals surface area contributed by atoms with Crippen LogP contribution in [0.1, 0.15) is 75.9 Å². The molecule has 2 atom stereocenters. The molecule has 3 rings (SSSR count). The van der Waals surface area contributed by atoms with Crippen LogP contribution in [0.15, 0.2) is 4.52 Å². The van der Waals surface area contributed by atoms with Gasteiger partial charge < -0.3 is 14.6 Å². The van der Waals surface area contributed by atoms with Gasteiger partial charge in [0.1, 0.15) is 5.60 Å². The Bertz CT molecular complexity index is 452. The summed E-state index contributed by atoms with van der Waals surface area (Å²) in [4.78, 5) is 4.75. The van der Waals surface area contributed by atoms with E-state index < -0.39 is 0 Å². The molecule has 5 heteroatoms. The first kappa shape index (κ1) is 15.0. The minimum Gasteiger partial charge on any atom is -0.370 e. The standard InChI is InChI=1S/C16H27N3O2/c1-12-11-13(7-10-17-12)14-18-15(19-21-14)16(20-2)8-5-3-4-6-9-16/h12-13,17H,3-11H2,1-2H3. The van der Waals surface area contributed by atoms with Crippen molar-refractivity contribution in [1.82, 2.24) is 15.5 Å². The molecular formula is C16H27N3O2.